The van der Waals surface area contributed by atoms with Crippen LogP contribution in [-0.4, -0.2) is 44.9 Å². The molecule has 2 N–H and O–H groups in total. The van der Waals surface area contributed by atoms with Crippen LogP contribution in [0, 0.1) is 0 Å². The number of benzene rings is 1. The van der Waals surface area contributed by atoms with Crippen LogP contribution >= 0.6 is 12.4 Å². The van der Waals surface area contributed by atoms with E-state index in [-0.39, 0.29) is 30.5 Å². The summed E-state index contributed by atoms with van der Waals surface area (Å²) in [5.41, 5.74) is 2.75. The van der Waals surface area contributed by atoms with Crippen molar-refractivity contribution in [2.24, 2.45) is 0 Å². The van der Waals surface area contributed by atoms with Crippen LogP contribution in [0.4, 0.5) is 0 Å². The van der Waals surface area contributed by atoms with Gasteiger partial charge in [-0.1, -0.05) is 24.3 Å². The van der Waals surface area contributed by atoms with E-state index in [0.29, 0.717) is 26.3 Å². The second-order valence-electron chi connectivity index (χ2n) is 6.16. The summed E-state index contributed by atoms with van der Waals surface area (Å²) in [4.78, 5) is 11.9. The van der Waals surface area contributed by atoms with E-state index >= 15 is 0 Å². The molecule has 134 valence electrons. The van der Waals surface area contributed by atoms with Crippen LogP contribution in [-0.2, 0) is 20.7 Å². The fourth-order valence-corrected chi connectivity index (χ4v) is 3.24. The topological polar surface area (TPSA) is 59.6 Å². The highest BCUT2D eigenvalue weighted by molar-refractivity contribution is 5.85. The van der Waals surface area contributed by atoms with Gasteiger partial charge in [-0.15, -0.1) is 12.4 Å². The maximum atomic E-state index is 11.9. The number of halogens is 1. The zero-order valence-electron chi connectivity index (χ0n) is 14.0. The number of ether oxygens (including phenoxy) is 2. The van der Waals surface area contributed by atoms with Gasteiger partial charge in [0, 0.05) is 26.2 Å². The number of nitrogens with one attached hydrogen (secondary N) is 2. The smallest absolute Gasteiger partial charge is 0.250 e. The maximum Gasteiger partial charge on any atom is 0.250 e. The molecule has 0 spiro atoms. The first-order chi connectivity index (χ1) is 11.3. The fraction of sp³-hybridized carbons (Fsp3) is 0.611. The van der Waals surface area contributed by atoms with E-state index < -0.39 is 0 Å². The summed E-state index contributed by atoms with van der Waals surface area (Å²) >= 11 is 0. The molecule has 1 aromatic rings. The van der Waals surface area contributed by atoms with Crippen molar-refractivity contribution in [1.29, 1.82) is 0 Å². The van der Waals surface area contributed by atoms with Crippen molar-refractivity contribution in [3.63, 3.8) is 0 Å². The Labute approximate surface area is 149 Å². The predicted molar refractivity (Wildman–Crippen MR) is 95.6 cm³/mol. The first-order valence-electron chi connectivity index (χ1n) is 8.64. The van der Waals surface area contributed by atoms with E-state index in [1.54, 1.807) is 0 Å². The van der Waals surface area contributed by atoms with Crippen molar-refractivity contribution in [3.05, 3.63) is 35.4 Å². The number of hydrogen-bond acceptors (Lipinski definition) is 4. The molecule has 1 saturated heterocycles. The van der Waals surface area contributed by atoms with Crippen molar-refractivity contribution in [1.82, 2.24) is 10.6 Å². The van der Waals surface area contributed by atoms with Crippen molar-refractivity contribution in [2.75, 3.05) is 32.8 Å². The molecule has 6 heteroatoms. The molecule has 0 aromatic heterocycles. The van der Waals surface area contributed by atoms with Gasteiger partial charge in [-0.2, -0.15) is 0 Å². The Hall–Kier alpha value is -1.14. The summed E-state index contributed by atoms with van der Waals surface area (Å²) < 4.78 is 11.5. The number of hydrogen-bond donors (Lipinski definition) is 2. The Bertz CT molecular complexity index is 521. The van der Waals surface area contributed by atoms with Crippen LogP contribution in [0.5, 0.6) is 0 Å². The Balaban J connectivity index is 0.00000208. The lowest BCUT2D eigenvalue weighted by Gasteiger charge is -2.26. The SMILES string of the molecule is Cl.O=C(NCCCOC1CCCc2ccccc21)C1CNCCO1. The standard InChI is InChI=1S/C18H26N2O3.ClH/c21-18(17-13-19-10-12-23-17)20-9-4-11-22-16-8-3-6-14-5-1-2-7-15(14)16;/h1-2,5,7,16-17,19H,3-4,6,8-13H2,(H,20,21);1H. The van der Waals surface area contributed by atoms with Gasteiger partial charge in [0.2, 0.25) is 5.91 Å². The average molecular weight is 355 g/mol. The second-order valence-corrected chi connectivity index (χ2v) is 6.16. The van der Waals surface area contributed by atoms with Gasteiger partial charge in [-0.25, -0.2) is 0 Å². The Morgan fingerprint density at radius 3 is 3.08 bits per heavy atom. The van der Waals surface area contributed by atoms with E-state index in [1.807, 2.05) is 0 Å². The summed E-state index contributed by atoms with van der Waals surface area (Å²) in [6, 6.07) is 8.55. The van der Waals surface area contributed by atoms with Gasteiger partial charge in [0.05, 0.1) is 12.7 Å². The van der Waals surface area contributed by atoms with Gasteiger partial charge in [0.1, 0.15) is 6.10 Å². The monoisotopic (exact) mass is 354 g/mol. The molecular weight excluding hydrogens is 328 g/mol. The third-order valence-corrected chi connectivity index (χ3v) is 4.47. The fourth-order valence-electron chi connectivity index (χ4n) is 3.24. The first kappa shape index (κ1) is 19.2. The van der Waals surface area contributed by atoms with E-state index in [0.717, 1.165) is 25.8 Å². The number of amides is 1. The van der Waals surface area contributed by atoms with E-state index in [9.17, 15) is 4.79 Å². The number of aryl methyl sites for hydroxylation is 1. The summed E-state index contributed by atoms with van der Waals surface area (Å²) in [6.45, 7) is 3.32. The minimum absolute atomic E-state index is 0. The Morgan fingerprint density at radius 2 is 2.25 bits per heavy atom. The molecule has 1 aliphatic carbocycles. The molecule has 2 atom stereocenters. The molecule has 1 aromatic carbocycles. The number of morpholine rings is 1. The highest BCUT2D eigenvalue weighted by Gasteiger charge is 2.22. The van der Waals surface area contributed by atoms with Crippen molar-refractivity contribution < 1.29 is 14.3 Å². The lowest BCUT2D eigenvalue weighted by atomic mass is 9.89. The van der Waals surface area contributed by atoms with Gasteiger partial charge >= 0.3 is 0 Å². The van der Waals surface area contributed by atoms with Crippen molar-refractivity contribution in [3.8, 4) is 0 Å². The molecule has 1 fully saturated rings. The summed E-state index contributed by atoms with van der Waals surface area (Å²) in [5, 5.41) is 6.08. The molecule has 5 nitrogen and oxygen atoms in total. The van der Waals surface area contributed by atoms with Crippen LogP contribution in [0.3, 0.4) is 0 Å². The van der Waals surface area contributed by atoms with Gasteiger partial charge in [0.25, 0.3) is 0 Å². The van der Waals surface area contributed by atoms with Gasteiger partial charge in [-0.05, 0) is 36.8 Å². The van der Waals surface area contributed by atoms with E-state index in [1.165, 1.54) is 17.5 Å². The molecule has 0 bridgehead atoms. The first-order valence-corrected chi connectivity index (χ1v) is 8.64. The highest BCUT2D eigenvalue weighted by atomic mass is 35.5. The van der Waals surface area contributed by atoms with Gasteiger partial charge in [-0.3, -0.25) is 4.79 Å². The summed E-state index contributed by atoms with van der Waals surface area (Å²) in [6.07, 6.45) is 4.11. The molecular formula is C18H27ClN2O3. The van der Waals surface area contributed by atoms with Crippen LogP contribution in [0.2, 0.25) is 0 Å². The molecule has 1 amide bonds. The number of carbonyl (C=O) groups is 1. The van der Waals surface area contributed by atoms with E-state index in [2.05, 4.69) is 34.9 Å². The lowest BCUT2D eigenvalue weighted by Crippen LogP contribution is -2.48. The molecule has 1 aliphatic heterocycles. The zero-order valence-corrected chi connectivity index (χ0v) is 14.8. The predicted octanol–water partition coefficient (Wildman–Crippen LogP) is 2.00. The summed E-state index contributed by atoms with van der Waals surface area (Å²) in [5.74, 6) is -0.0276. The molecule has 2 aliphatic rings. The molecule has 24 heavy (non-hydrogen) atoms. The number of fused-ring (bicyclic) bond motifs is 1. The second kappa shape index (κ2) is 9.99. The van der Waals surface area contributed by atoms with Crippen LogP contribution in [0.15, 0.2) is 24.3 Å². The van der Waals surface area contributed by atoms with Gasteiger partial charge in [0.15, 0.2) is 0 Å². The minimum atomic E-state index is -0.352. The van der Waals surface area contributed by atoms with Crippen LogP contribution < -0.4 is 10.6 Å². The summed E-state index contributed by atoms with van der Waals surface area (Å²) in [7, 11) is 0. The normalized spacial score (nSPS) is 23.0. The average Bonchev–Trinajstić information content (AvgIpc) is 2.62. The molecule has 0 saturated carbocycles. The third-order valence-electron chi connectivity index (χ3n) is 4.47. The molecule has 0 radical (unpaired) electrons. The van der Waals surface area contributed by atoms with Crippen molar-refractivity contribution in [2.45, 2.75) is 37.9 Å². The largest absolute Gasteiger partial charge is 0.373 e. The third kappa shape index (κ3) is 5.18. The van der Waals surface area contributed by atoms with Crippen LogP contribution in [0.25, 0.3) is 0 Å². The lowest BCUT2D eigenvalue weighted by molar-refractivity contribution is -0.134. The molecule has 1 heterocycles. The highest BCUT2D eigenvalue weighted by Crippen LogP contribution is 2.32. The minimum Gasteiger partial charge on any atom is -0.373 e. The molecule has 3 rings (SSSR count). The quantitative estimate of drug-likeness (QED) is 0.767. The van der Waals surface area contributed by atoms with Crippen LogP contribution in [0.1, 0.15) is 36.5 Å². The maximum absolute atomic E-state index is 11.9. The van der Waals surface area contributed by atoms with Gasteiger partial charge < -0.3 is 20.1 Å². The number of carbonyl (C=O) groups excluding carboxylic acids is 1. The Kier molecular flexibility index (Phi) is 7.99. The Morgan fingerprint density at radius 1 is 1.38 bits per heavy atom. The number of rotatable bonds is 6. The molecule has 2 unspecified atom stereocenters. The van der Waals surface area contributed by atoms with Crippen molar-refractivity contribution >= 4 is 18.3 Å². The zero-order chi connectivity index (χ0) is 15.9. The van der Waals surface area contributed by atoms with E-state index in [4.69, 9.17) is 9.47 Å².